The minimum atomic E-state index is -0.324. The Balaban J connectivity index is 2.09. The lowest BCUT2D eigenvalue weighted by Crippen LogP contribution is -2.47. The molecular weight excluding hydrogens is 320 g/mol. The summed E-state index contributed by atoms with van der Waals surface area (Å²) in [5.74, 6) is 0.144. The highest BCUT2D eigenvalue weighted by atomic mass is 79.9. The predicted octanol–water partition coefficient (Wildman–Crippen LogP) is 3.15. The Morgan fingerprint density at radius 3 is 2.60 bits per heavy atom. The Labute approximate surface area is 126 Å². The van der Waals surface area contributed by atoms with Gasteiger partial charge in [-0.05, 0) is 30.5 Å². The molecule has 0 radical (unpaired) electrons. The van der Waals surface area contributed by atoms with Crippen molar-refractivity contribution in [2.45, 2.75) is 25.3 Å². The van der Waals surface area contributed by atoms with Gasteiger partial charge in [0.1, 0.15) is 0 Å². The average molecular weight is 335 g/mol. The number of halogens is 1. The van der Waals surface area contributed by atoms with Crippen LogP contribution in [0.3, 0.4) is 0 Å². The fourth-order valence-electron chi connectivity index (χ4n) is 2.84. The SMILES string of the molecule is CN1C(=O)N[C@H](c2ccc(Br)cc2)C2=C1CCCC2=O. The van der Waals surface area contributed by atoms with Crippen molar-refractivity contribution in [3.8, 4) is 0 Å². The highest BCUT2D eigenvalue weighted by molar-refractivity contribution is 9.10. The van der Waals surface area contributed by atoms with Crippen molar-refractivity contribution < 1.29 is 9.59 Å². The van der Waals surface area contributed by atoms with Crippen molar-refractivity contribution >= 4 is 27.7 Å². The van der Waals surface area contributed by atoms with Gasteiger partial charge in [-0.25, -0.2) is 4.79 Å². The topological polar surface area (TPSA) is 49.4 Å². The molecule has 0 aromatic heterocycles. The Bertz CT molecular complexity index is 607. The number of Topliss-reactive ketones (excluding diaryl/α,β-unsaturated/α-hetero) is 1. The Kier molecular flexibility index (Phi) is 3.38. The molecule has 0 fully saturated rings. The molecule has 2 aliphatic rings. The van der Waals surface area contributed by atoms with Crippen LogP contribution in [0.2, 0.25) is 0 Å². The highest BCUT2D eigenvalue weighted by Crippen LogP contribution is 2.36. The third-order valence-corrected chi connectivity index (χ3v) is 4.43. The molecule has 1 atom stereocenters. The van der Waals surface area contributed by atoms with Crippen molar-refractivity contribution in [1.29, 1.82) is 0 Å². The normalized spacial score (nSPS) is 22.7. The van der Waals surface area contributed by atoms with Crippen LogP contribution < -0.4 is 5.32 Å². The van der Waals surface area contributed by atoms with Crippen LogP contribution >= 0.6 is 15.9 Å². The largest absolute Gasteiger partial charge is 0.327 e. The van der Waals surface area contributed by atoms with Gasteiger partial charge >= 0.3 is 6.03 Å². The number of nitrogens with one attached hydrogen (secondary N) is 1. The fourth-order valence-corrected chi connectivity index (χ4v) is 3.11. The number of benzene rings is 1. The van der Waals surface area contributed by atoms with Gasteiger partial charge in [-0.2, -0.15) is 0 Å². The van der Waals surface area contributed by atoms with E-state index >= 15 is 0 Å². The van der Waals surface area contributed by atoms with E-state index in [2.05, 4.69) is 21.2 Å². The number of hydrogen-bond acceptors (Lipinski definition) is 2. The second kappa shape index (κ2) is 5.05. The first-order chi connectivity index (χ1) is 9.58. The van der Waals surface area contributed by atoms with Gasteiger partial charge in [-0.15, -0.1) is 0 Å². The fraction of sp³-hybridized carbons (Fsp3) is 0.333. The first-order valence-corrected chi connectivity index (χ1v) is 7.43. The van der Waals surface area contributed by atoms with Gasteiger partial charge in [-0.1, -0.05) is 28.1 Å². The quantitative estimate of drug-likeness (QED) is 0.857. The monoisotopic (exact) mass is 334 g/mol. The van der Waals surface area contributed by atoms with Crippen molar-refractivity contribution in [1.82, 2.24) is 10.2 Å². The molecule has 3 rings (SSSR count). The van der Waals surface area contributed by atoms with E-state index in [1.54, 1.807) is 11.9 Å². The van der Waals surface area contributed by atoms with E-state index in [1.165, 1.54) is 0 Å². The van der Waals surface area contributed by atoms with Crippen LogP contribution in [-0.2, 0) is 4.79 Å². The molecule has 0 spiro atoms. The maximum atomic E-state index is 12.3. The first kappa shape index (κ1) is 13.4. The van der Waals surface area contributed by atoms with Gasteiger partial charge in [-0.3, -0.25) is 4.79 Å². The number of carbonyl (C=O) groups excluding carboxylic acids is 2. The van der Waals surface area contributed by atoms with E-state index in [0.717, 1.165) is 34.1 Å². The van der Waals surface area contributed by atoms with Crippen molar-refractivity contribution in [3.05, 3.63) is 45.6 Å². The van der Waals surface area contributed by atoms with E-state index < -0.39 is 0 Å². The molecule has 1 aliphatic carbocycles. The Hall–Kier alpha value is -1.62. The molecule has 4 nitrogen and oxygen atoms in total. The van der Waals surface area contributed by atoms with Crippen molar-refractivity contribution in [2.24, 2.45) is 0 Å². The lowest BCUT2D eigenvalue weighted by atomic mass is 9.85. The number of hydrogen-bond donors (Lipinski definition) is 1. The summed E-state index contributed by atoms with van der Waals surface area (Å²) >= 11 is 3.40. The summed E-state index contributed by atoms with van der Waals surface area (Å²) in [6.45, 7) is 0. The molecule has 0 bridgehead atoms. The third kappa shape index (κ3) is 2.16. The standard InChI is InChI=1S/C15H15BrN2O2/c1-18-11-3-2-4-12(19)13(11)14(17-15(18)20)9-5-7-10(16)8-6-9/h5-8,14H,2-4H2,1H3,(H,17,20)/t14-/m1/s1. The lowest BCUT2D eigenvalue weighted by Gasteiger charge is -2.37. The summed E-state index contributed by atoms with van der Waals surface area (Å²) < 4.78 is 0.977. The molecule has 1 N–H and O–H groups in total. The van der Waals surface area contributed by atoms with Gasteiger partial charge < -0.3 is 10.2 Å². The number of amides is 2. The smallest absolute Gasteiger partial charge is 0.322 e. The zero-order valence-corrected chi connectivity index (χ0v) is 12.7. The zero-order chi connectivity index (χ0) is 14.3. The molecular formula is C15H15BrN2O2. The van der Waals surface area contributed by atoms with E-state index in [0.29, 0.717) is 6.42 Å². The number of nitrogens with zero attached hydrogens (tertiary/aromatic N) is 1. The van der Waals surface area contributed by atoms with Gasteiger partial charge in [0.2, 0.25) is 0 Å². The zero-order valence-electron chi connectivity index (χ0n) is 11.1. The number of ketones is 1. The van der Waals surface area contributed by atoms with E-state index in [9.17, 15) is 9.59 Å². The van der Waals surface area contributed by atoms with Crippen LogP contribution in [0.1, 0.15) is 30.9 Å². The van der Waals surface area contributed by atoms with Crippen molar-refractivity contribution in [2.75, 3.05) is 7.05 Å². The molecule has 0 saturated carbocycles. The Morgan fingerprint density at radius 1 is 1.20 bits per heavy atom. The Morgan fingerprint density at radius 2 is 1.90 bits per heavy atom. The van der Waals surface area contributed by atoms with Gasteiger partial charge in [0, 0.05) is 29.2 Å². The summed E-state index contributed by atoms with van der Waals surface area (Å²) in [5.41, 5.74) is 2.57. The summed E-state index contributed by atoms with van der Waals surface area (Å²) in [7, 11) is 1.72. The van der Waals surface area contributed by atoms with Crippen LogP contribution in [0.5, 0.6) is 0 Å². The lowest BCUT2D eigenvalue weighted by molar-refractivity contribution is -0.116. The summed E-state index contributed by atoms with van der Waals surface area (Å²) in [6, 6.07) is 7.25. The number of urea groups is 1. The van der Waals surface area contributed by atoms with Crippen LogP contribution in [0, 0.1) is 0 Å². The predicted molar refractivity (Wildman–Crippen MR) is 79.1 cm³/mol. The van der Waals surface area contributed by atoms with Crippen LogP contribution in [-0.4, -0.2) is 23.8 Å². The van der Waals surface area contributed by atoms with Crippen LogP contribution in [0.15, 0.2) is 40.0 Å². The van der Waals surface area contributed by atoms with E-state index in [1.807, 2.05) is 24.3 Å². The highest BCUT2D eigenvalue weighted by Gasteiger charge is 2.37. The minimum Gasteiger partial charge on any atom is -0.327 e. The second-order valence-electron chi connectivity index (χ2n) is 5.13. The molecule has 2 amide bonds. The molecule has 20 heavy (non-hydrogen) atoms. The van der Waals surface area contributed by atoms with Crippen LogP contribution in [0.4, 0.5) is 4.79 Å². The van der Waals surface area contributed by atoms with Gasteiger partial charge in [0.25, 0.3) is 0 Å². The molecule has 104 valence electrons. The number of rotatable bonds is 1. The number of carbonyl (C=O) groups is 2. The molecule has 0 unspecified atom stereocenters. The summed E-state index contributed by atoms with van der Waals surface area (Å²) in [5, 5.41) is 2.92. The van der Waals surface area contributed by atoms with Gasteiger partial charge in [0.05, 0.1) is 6.04 Å². The molecule has 1 aliphatic heterocycles. The van der Waals surface area contributed by atoms with Crippen molar-refractivity contribution in [3.63, 3.8) is 0 Å². The average Bonchev–Trinajstić information content (AvgIpc) is 2.44. The summed E-state index contributed by atoms with van der Waals surface area (Å²) in [6.07, 6.45) is 2.18. The molecule has 0 saturated heterocycles. The van der Waals surface area contributed by atoms with E-state index in [4.69, 9.17) is 0 Å². The third-order valence-electron chi connectivity index (χ3n) is 3.90. The maximum absolute atomic E-state index is 12.3. The molecule has 5 heteroatoms. The summed E-state index contributed by atoms with van der Waals surface area (Å²) in [4.78, 5) is 25.9. The minimum absolute atomic E-state index is 0.144. The molecule has 1 aromatic rings. The van der Waals surface area contributed by atoms with E-state index in [-0.39, 0.29) is 17.9 Å². The second-order valence-corrected chi connectivity index (χ2v) is 6.05. The first-order valence-electron chi connectivity index (χ1n) is 6.64. The number of allylic oxidation sites excluding steroid dienone is 1. The van der Waals surface area contributed by atoms with Crippen LogP contribution in [0.25, 0.3) is 0 Å². The molecule has 1 heterocycles. The van der Waals surface area contributed by atoms with Gasteiger partial charge in [0.15, 0.2) is 5.78 Å². The molecule has 1 aromatic carbocycles. The maximum Gasteiger partial charge on any atom is 0.322 e.